The summed E-state index contributed by atoms with van der Waals surface area (Å²) in [5, 5.41) is 29.9. The van der Waals surface area contributed by atoms with Gasteiger partial charge < -0.3 is 30.4 Å². The predicted octanol–water partition coefficient (Wildman–Crippen LogP) is -1.63. The largest absolute Gasteiger partial charge is 0.391 e. The number of nitrogen functional groups attached to an aromatic ring is 1. The molecule has 0 unspecified atom stereocenters. The number of aromatic nitrogens is 3. The lowest BCUT2D eigenvalue weighted by molar-refractivity contribution is -0.0777. The minimum Gasteiger partial charge on any atom is -0.391 e. The molecule has 2 aromatic rings. The summed E-state index contributed by atoms with van der Waals surface area (Å²) in [4.78, 5) is 19.7. The minimum atomic E-state index is -1.29. The van der Waals surface area contributed by atoms with E-state index in [1.165, 1.54) is 30.1 Å². The van der Waals surface area contributed by atoms with Gasteiger partial charge in [0, 0.05) is 12.3 Å². The SMILES string of the molecule is C[C@H](O)[C@H]1O[C@@H](n2ccc(=O)c3c(N)ncnc32)[C@H](O)[C@@H]1O. The normalized spacial score (nSPS) is 29.8. The number of hydrogen-bond donors (Lipinski definition) is 4. The maximum Gasteiger partial charge on any atom is 0.194 e. The first kappa shape index (κ1) is 14.9. The fraction of sp³-hybridized carbons (Fsp3) is 0.462. The summed E-state index contributed by atoms with van der Waals surface area (Å²) in [6.07, 6.45) is -2.90. The zero-order chi connectivity index (χ0) is 16.0. The van der Waals surface area contributed by atoms with Gasteiger partial charge in [0.25, 0.3) is 0 Å². The molecule has 1 fully saturated rings. The van der Waals surface area contributed by atoms with E-state index in [-0.39, 0.29) is 22.3 Å². The van der Waals surface area contributed by atoms with Crippen molar-refractivity contribution in [1.82, 2.24) is 14.5 Å². The second kappa shape index (κ2) is 5.29. The maximum absolute atomic E-state index is 11.9. The molecule has 22 heavy (non-hydrogen) atoms. The quantitative estimate of drug-likeness (QED) is 0.518. The van der Waals surface area contributed by atoms with E-state index in [1.807, 2.05) is 0 Å². The Hall–Kier alpha value is -2.07. The Morgan fingerprint density at radius 3 is 2.73 bits per heavy atom. The van der Waals surface area contributed by atoms with Crippen molar-refractivity contribution in [1.29, 1.82) is 0 Å². The number of pyridine rings is 1. The van der Waals surface area contributed by atoms with Crippen LogP contribution in [0.3, 0.4) is 0 Å². The molecule has 1 aliphatic heterocycles. The monoisotopic (exact) mass is 308 g/mol. The van der Waals surface area contributed by atoms with Crippen LogP contribution in [0.5, 0.6) is 0 Å². The fourth-order valence-electron chi connectivity index (χ4n) is 2.64. The zero-order valence-corrected chi connectivity index (χ0v) is 11.7. The topological polar surface area (TPSA) is 144 Å². The number of anilines is 1. The molecule has 5 N–H and O–H groups in total. The molecule has 0 aliphatic carbocycles. The predicted molar refractivity (Wildman–Crippen MR) is 75.8 cm³/mol. The van der Waals surface area contributed by atoms with Gasteiger partial charge in [-0.2, -0.15) is 0 Å². The van der Waals surface area contributed by atoms with Crippen LogP contribution in [0.15, 0.2) is 23.4 Å². The molecule has 1 aliphatic rings. The molecule has 9 nitrogen and oxygen atoms in total. The third-order valence-electron chi connectivity index (χ3n) is 3.76. The molecule has 0 spiro atoms. The van der Waals surface area contributed by atoms with Crippen molar-refractivity contribution in [2.75, 3.05) is 5.73 Å². The van der Waals surface area contributed by atoms with E-state index in [0.29, 0.717) is 0 Å². The summed E-state index contributed by atoms with van der Waals surface area (Å²) in [6, 6.07) is 1.25. The van der Waals surface area contributed by atoms with Crippen LogP contribution in [0.25, 0.3) is 11.0 Å². The molecule has 9 heteroatoms. The van der Waals surface area contributed by atoms with Crippen LogP contribution in [0.2, 0.25) is 0 Å². The summed E-state index contributed by atoms with van der Waals surface area (Å²) >= 11 is 0. The highest BCUT2D eigenvalue weighted by Gasteiger charge is 2.45. The number of aliphatic hydroxyl groups is 3. The van der Waals surface area contributed by atoms with Crippen LogP contribution in [-0.4, -0.2) is 54.3 Å². The van der Waals surface area contributed by atoms with E-state index < -0.39 is 30.6 Å². The van der Waals surface area contributed by atoms with Crippen LogP contribution in [0, 0.1) is 0 Å². The van der Waals surface area contributed by atoms with Gasteiger partial charge in [-0.1, -0.05) is 0 Å². The molecule has 0 saturated carbocycles. The number of rotatable bonds is 2. The fourth-order valence-corrected chi connectivity index (χ4v) is 2.64. The third kappa shape index (κ3) is 2.15. The van der Waals surface area contributed by atoms with Gasteiger partial charge in [0.1, 0.15) is 35.8 Å². The van der Waals surface area contributed by atoms with E-state index in [4.69, 9.17) is 10.5 Å². The highest BCUT2D eigenvalue weighted by atomic mass is 16.6. The summed E-state index contributed by atoms with van der Waals surface area (Å²) in [7, 11) is 0. The van der Waals surface area contributed by atoms with Gasteiger partial charge in [-0.05, 0) is 6.92 Å². The number of nitrogens with two attached hydrogens (primary N) is 1. The van der Waals surface area contributed by atoms with Crippen LogP contribution < -0.4 is 11.2 Å². The number of nitrogens with zero attached hydrogens (tertiary/aromatic N) is 3. The van der Waals surface area contributed by atoms with E-state index in [2.05, 4.69) is 9.97 Å². The molecule has 0 bridgehead atoms. The van der Waals surface area contributed by atoms with E-state index in [1.54, 1.807) is 0 Å². The lowest BCUT2D eigenvalue weighted by Crippen LogP contribution is -2.37. The summed E-state index contributed by atoms with van der Waals surface area (Å²) < 4.78 is 6.92. The van der Waals surface area contributed by atoms with Crippen LogP contribution in [-0.2, 0) is 4.74 Å². The van der Waals surface area contributed by atoms with Crippen LogP contribution in [0.1, 0.15) is 13.2 Å². The minimum absolute atomic E-state index is 0.0180. The van der Waals surface area contributed by atoms with Gasteiger partial charge in [-0.3, -0.25) is 4.79 Å². The zero-order valence-electron chi connectivity index (χ0n) is 11.7. The second-order valence-electron chi connectivity index (χ2n) is 5.26. The van der Waals surface area contributed by atoms with Crippen molar-refractivity contribution in [2.45, 2.75) is 37.6 Å². The summed E-state index contributed by atoms with van der Waals surface area (Å²) in [5.41, 5.74) is 5.53. The lowest BCUT2D eigenvalue weighted by atomic mass is 10.1. The molecule has 5 atom stereocenters. The number of ether oxygens (including phenoxy) is 1. The van der Waals surface area contributed by atoms with E-state index in [9.17, 15) is 20.1 Å². The Kier molecular flexibility index (Phi) is 3.57. The lowest BCUT2D eigenvalue weighted by Gasteiger charge is -2.20. The van der Waals surface area contributed by atoms with Gasteiger partial charge in [-0.15, -0.1) is 0 Å². The average Bonchev–Trinajstić information content (AvgIpc) is 2.76. The van der Waals surface area contributed by atoms with Crippen LogP contribution >= 0.6 is 0 Å². The van der Waals surface area contributed by atoms with Gasteiger partial charge in [0.05, 0.1) is 6.10 Å². The summed E-state index contributed by atoms with van der Waals surface area (Å²) in [6.45, 7) is 1.45. The second-order valence-corrected chi connectivity index (χ2v) is 5.26. The molecule has 3 heterocycles. The Bertz CT molecular complexity index is 762. The third-order valence-corrected chi connectivity index (χ3v) is 3.76. The van der Waals surface area contributed by atoms with Gasteiger partial charge >= 0.3 is 0 Å². The Balaban J connectivity index is 2.14. The first-order chi connectivity index (χ1) is 10.4. The van der Waals surface area contributed by atoms with Crippen molar-refractivity contribution in [2.24, 2.45) is 0 Å². The van der Waals surface area contributed by atoms with Crippen LogP contribution in [0.4, 0.5) is 5.82 Å². The number of hydrogen-bond acceptors (Lipinski definition) is 8. The molecule has 2 aromatic heterocycles. The molecular weight excluding hydrogens is 292 g/mol. The van der Waals surface area contributed by atoms with Gasteiger partial charge in [0.2, 0.25) is 0 Å². The van der Waals surface area contributed by atoms with Crippen molar-refractivity contribution >= 4 is 16.9 Å². The average molecular weight is 308 g/mol. The highest BCUT2D eigenvalue weighted by Crippen LogP contribution is 2.32. The molecular formula is C13H16N4O5. The first-order valence-electron chi connectivity index (χ1n) is 6.73. The van der Waals surface area contributed by atoms with Gasteiger partial charge in [-0.25, -0.2) is 9.97 Å². The highest BCUT2D eigenvalue weighted by molar-refractivity contribution is 5.84. The van der Waals surface area contributed by atoms with Crippen molar-refractivity contribution in [3.63, 3.8) is 0 Å². The molecule has 0 amide bonds. The Morgan fingerprint density at radius 2 is 2.09 bits per heavy atom. The molecule has 118 valence electrons. The number of fused-ring (bicyclic) bond motifs is 1. The standard InChI is InChI=1S/C13H16N4O5/c1-5(18)10-8(20)9(21)13(22-10)17-3-2-6(19)7-11(14)15-4-16-12(7)17/h2-5,8-10,13,18,20-21H,1H3,(H2,14,15,16)/t5-,8-,9+,10+,13+/m0/s1. The smallest absolute Gasteiger partial charge is 0.194 e. The maximum atomic E-state index is 11.9. The van der Waals surface area contributed by atoms with Gasteiger partial charge in [0.15, 0.2) is 17.3 Å². The molecule has 3 rings (SSSR count). The molecule has 0 radical (unpaired) electrons. The van der Waals surface area contributed by atoms with E-state index in [0.717, 1.165) is 0 Å². The van der Waals surface area contributed by atoms with Crippen molar-refractivity contribution < 1.29 is 20.1 Å². The first-order valence-corrected chi connectivity index (χ1v) is 6.73. The Morgan fingerprint density at radius 1 is 1.36 bits per heavy atom. The molecule has 0 aromatic carbocycles. The van der Waals surface area contributed by atoms with E-state index >= 15 is 0 Å². The molecule has 1 saturated heterocycles. The van der Waals surface area contributed by atoms with Crippen molar-refractivity contribution in [3.8, 4) is 0 Å². The summed E-state index contributed by atoms with van der Waals surface area (Å²) in [5.74, 6) is 0.0180. The number of aliphatic hydroxyl groups excluding tert-OH is 3. The Labute approximate surface area is 124 Å². The van der Waals surface area contributed by atoms with Crippen molar-refractivity contribution in [3.05, 3.63) is 28.8 Å².